The van der Waals surface area contributed by atoms with Crippen LogP contribution in [0.4, 0.5) is 13.2 Å². The Labute approximate surface area is 119 Å². The zero-order valence-corrected chi connectivity index (χ0v) is 12.3. The molecule has 1 heterocycles. The molecule has 20 heavy (non-hydrogen) atoms. The number of nitrogens with one attached hydrogen (secondary N) is 1. The van der Waals surface area contributed by atoms with E-state index in [9.17, 15) is 13.2 Å². The summed E-state index contributed by atoms with van der Waals surface area (Å²) in [6, 6.07) is 4.57. The fraction of sp³-hybridized carbons (Fsp3) is 0.600. The first kappa shape index (κ1) is 17.0. The summed E-state index contributed by atoms with van der Waals surface area (Å²) >= 11 is 0. The molecule has 5 heteroatoms. The van der Waals surface area contributed by atoms with E-state index in [-0.39, 0.29) is 0 Å². The molecule has 1 N–H and O–H groups in total. The lowest BCUT2D eigenvalue weighted by Gasteiger charge is -2.28. The van der Waals surface area contributed by atoms with E-state index in [4.69, 9.17) is 0 Å². The van der Waals surface area contributed by atoms with Crippen LogP contribution in [0.1, 0.15) is 30.5 Å². The van der Waals surface area contributed by atoms with Crippen molar-refractivity contribution in [1.82, 2.24) is 10.2 Å². The first-order valence-electron chi connectivity index (χ1n) is 7.06. The average Bonchev–Trinajstić information content (AvgIpc) is 2.43. The van der Waals surface area contributed by atoms with Gasteiger partial charge in [-0.25, -0.2) is 0 Å². The Morgan fingerprint density at radius 3 is 2.30 bits per heavy atom. The van der Waals surface area contributed by atoms with Crippen molar-refractivity contribution in [2.45, 2.75) is 33.5 Å². The SMILES string of the molecule is CC.Cc1ccc(CN2CCNCC2)c(C(F)(F)F)c1. The highest BCUT2D eigenvalue weighted by molar-refractivity contribution is 5.33. The molecule has 0 amide bonds. The zero-order chi connectivity index (χ0) is 15.2. The Hall–Kier alpha value is -1.07. The second kappa shape index (κ2) is 7.64. The van der Waals surface area contributed by atoms with Crippen LogP contribution in [0.5, 0.6) is 0 Å². The molecular formula is C15H23F3N2. The third kappa shape index (κ3) is 4.80. The normalized spacial score (nSPS) is 16.5. The first-order valence-corrected chi connectivity index (χ1v) is 7.06. The largest absolute Gasteiger partial charge is 0.416 e. The molecule has 0 radical (unpaired) electrons. The van der Waals surface area contributed by atoms with Gasteiger partial charge in [0, 0.05) is 32.7 Å². The van der Waals surface area contributed by atoms with Crippen LogP contribution in [-0.2, 0) is 12.7 Å². The number of alkyl halides is 3. The quantitative estimate of drug-likeness (QED) is 0.896. The van der Waals surface area contributed by atoms with E-state index in [1.165, 1.54) is 6.07 Å². The fourth-order valence-electron chi connectivity index (χ4n) is 2.20. The predicted molar refractivity (Wildman–Crippen MR) is 75.7 cm³/mol. The van der Waals surface area contributed by atoms with Gasteiger partial charge in [-0.1, -0.05) is 31.5 Å². The van der Waals surface area contributed by atoms with Crippen LogP contribution in [0.2, 0.25) is 0 Å². The van der Waals surface area contributed by atoms with Crippen LogP contribution in [-0.4, -0.2) is 31.1 Å². The lowest BCUT2D eigenvalue weighted by molar-refractivity contribution is -0.138. The molecule has 0 aliphatic carbocycles. The Bertz CT molecular complexity index is 410. The molecule has 1 aliphatic rings. The van der Waals surface area contributed by atoms with Gasteiger partial charge < -0.3 is 5.32 Å². The molecule has 2 rings (SSSR count). The van der Waals surface area contributed by atoms with Crippen LogP contribution in [0, 0.1) is 6.92 Å². The number of halogens is 3. The molecule has 1 aromatic rings. The molecular weight excluding hydrogens is 265 g/mol. The van der Waals surface area contributed by atoms with Gasteiger partial charge in [0.2, 0.25) is 0 Å². The molecule has 1 aromatic carbocycles. The van der Waals surface area contributed by atoms with Gasteiger partial charge in [-0.3, -0.25) is 4.90 Å². The van der Waals surface area contributed by atoms with Crippen molar-refractivity contribution >= 4 is 0 Å². The van der Waals surface area contributed by atoms with Crippen molar-refractivity contribution in [3.63, 3.8) is 0 Å². The average molecular weight is 288 g/mol. The number of rotatable bonds is 2. The van der Waals surface area contributed by atoms with Crippen molar-refractivity contribution in [1.29, 1.82) is 0 Å². The summed E-state index contributed by atoms with van der Waals surface area (Å²) in [6.07, 6.45) is -4.27. The third-order valence-electron chi connectivity index (χ3n) is 3.17. The van der Waals surface area contributed by atoms with Gasteiger partial charge >= 0.3 is 6.18 Å². The monoisotopic (exact) mass is 288 g/mol. The minimum absolute atomic E-state index is 0.370. The first-order chi connectivity index (χ1) is 9.47. The molecule has 0 bridgehead atoms. The Balaban J connectivity index is 0.000000956. The van der Waals surface area contributed by atoms with Gasteiger partial charge in [-0.05, 0) is 18.6 Å². The lowest BCUT2D eigenvalue weighted by Crippen LogP contribution is -2.43. The number of aryl methyl sites for hydroxylation is 1. The smallest absolute Gasteiger partial charge is 0.314 e. The van der Waals surface area contributed by atoms with Gasteiger partial charge in [-0.2, -0.15) is 13.2 Å². The summed E-state index contributed by atoms with van der Waals surface area (Å²) in [4.78, 5) is 2.05. The highest BCUT2D eigenvalue weighted by atomic mass is 19.4. The van der Waals surface area contributed by atoms with Crippen molar-refractivity contribution in [2.24, 2.45) is 0 Å². The highest BCUT2D eigenvalue weighted by Crippen LogP contribution is 2.33. The standard InChI is InChI=1S/C13H17F3N2.C2H6/c1-10-2-3-11(12(8-10)13(14,15)16)9-18-6-4-17-5-7-18;1-2/h2-3,8,17H,4-7,9H2,1H3;1-2H3. The van der Waals surface area contributed by atoms with Crippen molar-refractivity contribution in [3.05, 3.63) is 34.9 Å². The van der Waals surface area contributed by atoms with E-state index in [1.54, 1.807) is 19.1 Å². The maximum Gasteiger partial charge on any atom is 0.416 e. The van der Waals surface area contributed by atoms with E-state index in [2.05, 4.69) is 10.2 Å². The van der Waals surface area contributed by atoms with E-state index in [0.29, 0.717) is 17.7 Å². The van der Waals surface area contributed by atoms with E-state index in [1.807, 2.05) is 13.8 Å². The van der Waals surface area contributed by atoms with Crippen molar-refractivity contribution in [2.75, 3.05) is 26.2 Å². The summed E-state index contributed by atoms with van der Waals surface area (Å²) < 4.78 is 38.9. The maximum atomic E-state index is 13.0. The molecule has 0 aromatic heterocycles. The molecule has 114 valence electrons. The molecule has 0 atom stereocenters. The van der Waals surface area contributed by atoms with Crippen LogP contribution in [0.25, 0.3) is 0 Å². The summed E-state index contributed by atoms with van der Waals surface area (Å²) in [7, 11) is 0. The Kier molecular flexibility index (Phi) is 6.49. The number of benzene rings is 1. The number of nitrogens with zero attached hydrogens (tertiary/aromatic N) is 1. The maximum absolute atomic E-state index is 13.0. The number of hydrogen-bond donors (Lipinski definition) is 1. The molecule has 2 nitrogen and oxygen atoms in total. The van der Waals surface area contributed by atoms with Gasteiger partial charge in [0.25, 0.3) is 0 Å². The van der Waals surface area contributed by atoms with Crippen LogP contribution in [0.15, 0.2) is 18.2 Å². The summed E-state index contributed by atoms with van der Waals surface area (Å²) in [5.41, 5.74) is 0.516. The van der Waals surface area contributed by atoms with E-state index in [0.717, 1.165) is 26.2 Å². The minimum atomic E-state index is -4.27. The van der Waals surface area contributed by atoms with Gasteiger partial charge in [0.1, 0.15) is 0 Å². The topological polar surface area (TPSA) is 15.3 Å². The van der Waals surface area contributed by atoms with Gasteiger partial charge in [-0.15, -0.1) is 0 Å². The number of piperazine rings is 1. The van der Waals surface area contributed by atoms with Crippen LogP contribution < -0.4 is 5.32 Å². The highest BCUT2D eigenvalue weighted by Gasteiger charge is 2.33. The van der Waals surface area contributed by atoms with E-state index < -0.39 is 11.7 Å². The molecule has 0 spiro atoms. The molecule has 0 unspecified atom stereocenters. The zero-order valence-electron chi connectivity index (χ0n) is 12.3. The molecule has 0 saturated carbocycles. The summed E-state index contributed by atoms with van der Waals surface area (Å²) in [5.74, 6) is 0. The fourth-order valence-corrected chi connectivity index (χ4v) is 2.20. The molecule has 1 aliphatic heterocycles. The van der Waals surface area contributed by atoms with Crippen molar-refractivity contribution in [3.8, 4) is 0 Å². The summed E-state index contributed by atoms with van der Waals surface area (Å²) in [5, 5.41) is 3.19. The second-order valence-electron chi connectivity index (χ2n) is 4.68. The molecule has 1 fully saturated rings. The van der Waals surface area contributed by atoms with Gasteiger partial charge in [0.05, 0.1) is 5.56 Å². The third-order valence-corrected chi connectivity index (χ3v) is 3.17. The molecule has 1 saturated heterocycles. The van der Waals surface area contributed by atoms with Crippen molar-refractivity contribution < 1.29 is 13.2 Å². The number of hydrogen-bond acceptors (Lipinski definition) is 2. The van der Waals surface area contributed by atoms with Crippen LogP contribution in [0.3, 0.4) is 0 Å². The predicted octanol–water partition coefficient (Wildman–Crippen LogP) is 3.45. The minimum Gasteiger partial charge on any atom is -0.314 e. The van der Waals surface area contributed by atoms with E-state index >= 15 is 0 Å². The van der Waals surface area contributed by atoms with Gasteiger partial charge in [0.15, 0.2) is 0 Å². The summed E-state index contributed by atoms with van der Waals surface area (Å²) in [6.45, 7) is 9.33. The lowest BCUT2D eigenvalue weighted by atomic mass is 10.0. The Morgan fingerprint density at radius 1 is 1.15 bits per heavy atom. The Morgan fingerprint density at radius 2 is 1.75 bits per heavy atom. The second-order valence-corrected chi connectivity index (χ2v) is 4.68. The van der Waals surface area contributed by atoms with Crippen LogP contribution >= 0.6 is 0 Å².